The molecule has 1 heterocycles. The molecule has 1 amide bonds. The van der Waals surface area contributed by atoms with Gasteiger partial charge in [-0.05, 0) is 24.3 Å². The summed E-state index contributed by atoms with van der Waals surface area (Å²) < 4.78 is 5.87. The maximum Gasteiger partial charge on any atom is 0.232 e. The molecule has 8 heteroatoms. The van der Waals surface area contributed by atoms with Crippen LogP contribution in [0.2, 0.25) is 0 Å². The second-order valence-electron chi connectivity index (χ2n) is 4.30. The van der Waals surface area contributed by atoms with Crippen LogP contribution in [0.1, 0.15) is 0 Å². The number of nitrogens with one attached hydrogen (secondary N) is 1. The van der Waals surface area contributed by atoms with Crippen molar-refractivity contribution in [2.45, 2.75) is 4.34 Å². The number of benzene rings is 1. The second-order valence-corrected chi connectivity index (χ2v) is 6.50. The zero-order valence-corrected chi connectivity index (χ0v) is 13.6. The van der Waals surface area contributed by atoms with Gasteiger partial charge in [-0.3, -0.25) is 4.79 Å². The minimum Gasteiger partial charge on any atom is -0.497 e. The minimum absolute atomic E-state index is 0.0554. The van der Waals surface area contributed by atoms with Gasteiger partial charge in [0.05, 0.1) is 12.9 Å². The monoisotopic (exact) mass is 324 g/mol. The van der Waals surface area contributed by atoms with Crippen LogP contribution in [-0.2, 0) is 4.79 Å². The second kappa shape index (κ2) is 7.28. The average molecular weight is 324 g/mol. The summed E-state index contributed by atoms with van der Waals surface area (Å²) in [7, 11) is 5.10. The molecule has 2 rings (SSSR count). The Labute approximate surface area is 131 Å². The lowest BCUT2D eigenvalue weighted by molar-refractivity contribution is -0.125. The summed E-state index contributed by atoms with van der Waals surface area (Å²) in [4.78, 5) is 13.1. The van der Waals surface area contributed by atoms with E-state index in [4.69, 9.17) is 4.74 Å². The molecule has 0 aliphatic rings. The predicted molar refractivity (Wildman–Crippen MR) is 85.6 cm³/mol. The van der Waals surface area contributed by atoms with E-state index >= 15 is 0 Å². The van der Waals surface area contributed by atoms with Crippen molar-refractivity contribution in [2.24, 2.45) is 0 Å². The molecule has 0 aliphatic heterocycles. The van der Waals surface area contributed by atoms with E-state index < -0.39 is 0 Å². The van der Waals surface area contributed by atoms with Crippen LogP contribution in [0.15, 0.2) is 28.6 Å². The Balaban J connectivity index is 1.91. The van der Waals surface area contributed by atoms with Gasteiger partial charge in [0.1, 0.15) is 5.75 Å². The fourth-order valence-electron chi connectivity index (χ4n) is 1.37. The van der Waals surface area contributed by atoms with Crippen LogP contribution < -0.4 is 10.1 Å². The molecule has 0 bridgehead atoms. The third kappa shape index (κ3) is 4.61. The molecule has 0 spiro atoms. The lowest BCUT2D eigenvalue weighted by atomic mass is 10.3. The summed E-state index contributed by atoms with van der Waals surface area (Å²) in [6.07, 6.45) is 0. The molecule has 1 aromatic carbocycles. The molecule has 1 aromatic heterocycles. The van der Waals surface area contributed by atoms with Crippen LogP contribution in [0, 0.1) is 0 Å². The number of methoxy groups -OCH3 is 1. The molecule has 21 heavy (non-hydrogen) atoms. The fraction of sp³-hybridized carbons (Fsp3) is 0.308. The van der Waals surface area contributed by atoms with Crippen molar-refractivity contribution in [3.05, 3.63) is 24.3 Å². The third-order valence-corrected chi connectivity index (χ3v) is 4.52. The Morgan fingerprint density at radius 1 is 1.33 bits per heavy atom. The zero-order chi connectivity index (χ0) is 15.2. The van der Waals surface area contributed by atoms with Crippen molar-refractivity contribution in [2.75, 3.05) is 32.3 Å². The van der Waals surface area contributed by atoms with Crippen molar-refractivity contribution in [3.8, 4) is 5.75 Å². The summed E-state index contributed by atoms with van der Waals surface area (Å²) >= 11 is 2.81. The number of thioether (sulfide) groups is 1. The highest BCUT2D eigenvalue weighted by molar-refractivity contribution is 8.01. The van der Waals surface area contributed by atoms with E-state index in [1.165, 1.54) is 23.1 Å². The van der Waals surface area contributed by atoms with E-state index in [-0.39, 0.29) is 5.91 Å². The van der Waals surface area contributed by atoms with E-state index in [1.807, 2.05) is 24.3 Å². The van der Waals surface area contributed by atoms with Crippen molar-refractivity contribution in [3.63, 3.8) is 0 Å². The van der Waals surface area contributed by atoms with Crippen LogP contribution >= 0.6 is 23.1 Å². The van der Waals surface area contributed by atoms with Crippen molar-refractivity contribution >= 4 is 39.8 Å². The summed E-state index contributed by atoms with van der Waals surface area (Å²) in [6.45, 7) is 0. The number of carbonyl (C=O) groups excluding carboxylic acids is 1. The van der Waals surface area contributed by atoms with Crippen molar-refractivity contribution < 1.29 is 9.53 Å². The van der Waals surface area contributed by atoms with Crippen LogP contribution in [0.25, 0.3) is 0 Å². The summed E-state index contributed by atoms with van der Waals surface area (Å²) in [6, 6.07) is 7.55. The zero-order valence-electron chi connectivity index (χ0n) is 12.0. The van der Waals surface area contributed by atoms with Gasteiger partial charge in [-0.2, -0.15) is 0 Å². The smallest absolute Gasteiger partial charge is 0.232 e. The predicted octanol–water partition coefficient (Wildman–Crippen LogP) is 2.47. The van der Waals surface area contributed by atoms with Gasteiger partial charge in [0.15, 0.2) is 4.34 Å². The number of carbonyl (C=O) groups is 1. The number of amides is 1. The van der Waals surface area contributed by atoms with Crippen molar-refractivity contribution in [1.29, 1.82) is 0 Å². The standard InChI is InChI=1S/C13H16N4O2S2/c1-17(2)11(18)8-20-13-16-15-12(21-13)14-9-4-6-10(19-3)7-5-9/h4-7H,8H2,1-3H3,(H,14,15). The quantitative estimate of drug-likeness (QED) is 0.823. The molecular formula is C13H16N4O2S2. The SMILES string of the molecule is COc1ccc(Nc2nnc(SCC(=O)N(C)C)s2)cc1. The number of nitrogens with zero attached hydrogens (tertiary/aromatic N) is 3. The molecule has 1 N–H and O–H groups in total. The molecule has 2 aromatic rings. The molecular weight excluding hydrogens is 308 g/mol. The van der Waals surface area contributed by atoms with Gasteiger partial charge in [0.2, 0.25) is 11.0 Å². The van der Waals surface area contributed by atoms with Crippen LogP contribution in [0.5, 0.6) is 5.75 Å². The maximum atomic E-state index is 11.5. The lowest BCUT2D eigenvalue weighted by Crippen LogP contribution is -2.23. The van der Waals surface area contributed by atoms with E-state index in [0.717, 1.165) is 15.8 Å². The minimum atomic E-state index is 0.0554. The first-order valence-electron chi connectivity index (χ1n) is 6.16. The van der Waals surface area contributed by atoms with Crippen molar-refractivity contribution in [1.82, 2.24) is 15.1 Å². The van der Waals surface area contributed by atoms with Gasteiger partial charge in [-0.1, -0.05) is 23.1 Å². The highest BCUT2D eigenvalue weighted by Gasteiger charge is 2.09. The Morgan fingerprint density at radius 2 is 2.05 bits per heavy atom. The summed E-state index contributed by atoms with van der Waals surface area (Å²) in [5, 5.41) is 12.0. The lowest BCUT2D eigenvalue weighted by Gasteiger charge is -2.07. The Kier molecular flexibility index (Phi) is 5.40. The van der Waals surface area contributed by atoms with Crippen LogP contribution in [0.3, 0.4) is 0 Å². The molecule has 112 valence electrons. The van der Waals surface area contributed by atoms with Gasteiger partial charge in [0.25, 0.3) is 0 Å². The third-order valence-electron chi connectivity index (χ3n) is 2.57. The molecule has 0 saturated carbocycles. The van der Waals surface area contributed by atoms with Gasteiger partial charge in [-0.25, -0.2) is 0 Å². The van der Waals surface area contributed by atoms with Crippen LogP contribution in [0.4, 0.5) is 10.8 Å². The molecule has 0 unspecified atom stereocenters. The summed E-state index contributed by atoms with van der Waals surface area (Å²) in [5.41, 5.74) is 0.910. The maximum absolute atomic E-state index is 11.5. The van der Waals surface area contributed by atoms with Gasteiger partial charge < -0.3 is 15.0 Å². The highest BCUT2D eigenvalue weighted by atomic mass is 32.2. The number of anilines is 2. The van der Waals surface area contributed by atoms with Gasteiger partial charge >= 0.3 is 0 Å². The number of ether oxygens (including phenoxy) is 1. The topological polar surface area (TPSA) is 67.3 Å². The summed E-state index contributed by atoms with van der Waals surface area (Å²) in [5.74, 6) is 1.22. The first-order chi connectivity index (χ1) is 10.1. The molecule has 6 nitrogen and oxygen atoms in total. The highest BCUT2D eigenvalue weighted by Crippen LogP contribution is 2.28. The van der Waals surface area contributed by atoms with Crippen LogP contribution in [-0.4, -0.2) is 48.0 Å². The molecule has 0 saturated heterocycles. The molecule has 0 fully saturated rings. The Hall–Kier alpha value is -1.80. The number of rotatable bonds is 6. The number of aromatic nitrogens is 2. The van der Waals surface area contributed by atoms with E-state index in [2.05, 4.69) is 15.5 Å². The Morgan fingerprint density at radius 3 is 2.67 bits per heavy atom. The molecule has 0 radical (unpaired) electrons. The first kappa shape index (κ1) is 15.6. The normalized spacial score (nSPS) is 10.2. The fourth-order valence-corrected chi connectivity index (χ4v) is 3.12. The van der Waals surface area contributed by atoms with Gasteiger partial charge in [-0.15, -0.1) is 10.2 Å². The largest absolute Gasteiger partial charge is 0.497 e. The molecule has 0 aliphatic carbocycles. The first-order valence-corrected chi connectivity index (χ1v) is 7.96. The van der Waals surface area contributed by atoms with E-state index in [9.17, 15) is 4.79 Å². The number of hydrogen-bond acceptors (Lipinski definition) is 7. The van der Waals surface area contributed by atoms with E-state index in [1.54, 1.807) is 26.1 Å². The Bertz CT molecular complexity index is 598. The average Bonchev–Trinajstić information content (AvgIpc) is 2.93. The van der Waals surface area contributed by atoms with Gasteiger partial charge in [0, 0.05) is 19.8 Å². The number of hydrogen-bond donors (Lipinski definition) is 1. The molecule has 0 atom stereocenters. The van der Waals surface area contributed by atoms with E-state index in [0.29, 0.717) is 10.9 Å².